The zero-order valence-electron chi connectivity index (χ0n) is 14.3. The van der Waals surface area contributed by atoms with E-state index in [2.05, 4.69) is 15.7 Å². The molecule has 2 aliphatic rings. The van der Waals surface area contributed by atoms with E-state index in [1.54, 1.807) is 34.8 Å². The van der Waals surface area contributed by atoms with Gasteiger partial charge < -0.3 is 10.6 Å². The van der Waals surface area contributed by atoms with Crippen LogP contribution >= 0.6 is 24.2 Å². The lowest BCUT2D eigenvalue weighted by Crippen LogP contribution is -2.55. The Morgan fingerprint density at radius 1 is 1.38 bits per heavy atom. The first-order valence-electron chi connectivity index (χ1n) is 8.63. The van der Waals surface area contributed by atoms with Crippen molar-refractivity contribution in [2.45, 2.75) is 35.7 Å². The quantitative estimate of drug-likeness (QED) is 0.837. The summed E-state index contributed by atoms with van der Waals surface area (Å²) in [5.74, 6) is 0.633. The van der Waals surface area contributed by atoms with E-state index in [1.807, 2.05) is 12.3 Å². The first kappa shape index (κ1) is 19.2. The van der Waals surface area contributed by atoms with Crippen LogP contribution in [0.3, 0.4) is 0 Å². The standard InChI is InChI=1S/C18H21FN4OS.ClH/c19-13-2-3-16-14(12-13)15(4-11-25-16)22-17(24)18(5-8-20-9-6-18)23-10-1-7-21-23;/h1-3,7,10,12,15,20H,4-6,8-9,11H2,(H,22,24);1H. The van der Waals surface area contributed by atoms with Crippen molar-refractivity contribution in [3.63, 3.8) is 0 Å². The topological polar surface area (TPSA) is 59.0 Å². The maximum absolute atomic E-state index is 13.7. The number of hydrogen-bond donors (Lipinski definition) is 2. The summed E-state index contributed by atoms with van der Waals surface area (Å²) in [6.07, 6.45) is 5.75. The van der Waals surface area contributed by atoms with Crippen LogP contribution in [-0.4, -0.2) is 34.5 Å². The fraction of sp³-hybridized carbons (Fsp3) is 0.444. The second-order valence-corrected chi connectivity index (χ2v) is 7.71. The van der Waals surface area contributed by atoms with Crippen molar-refractivity contribution in [1.29, 1.82) is 0 Å². The Morgan fingerprint density at radius 2 is 2.19 bits per heavy atom. The summed E-state index contributed by atoms with van der Waals surface area (Å²) < 4.78 is 15.5. The van der Waals surface area contributed by atoms with Gasteiger partial charge in [-0.25, -0.2) is 4.39 Å². The van der Waals surface area contributed by atoms with Gasteiger partial charge in [0, 0.05) is 23.0 Å². The van der Waals surface area contributed by atoms with Crippen molar-refractivity contribution in [3.05, 3.63) is 48.0 Å². The molecule has 2 N–H and O–H groups in total. The summed E-state index contributed by atoms with van der Waals surface area (Å²) in [5.41, 5.74) is 0.210. The lowest BCUT2D eigenvalue weighted by Gasteiger charge is -2.38. The highest BCUT2D eigenvalue weighted by molar-refractivity contribution is 7.99. The van der Waals surface area contributed by atoms with Crippen LogP contribution in [0.4, 0.5) is 4.39 Å². The number of carbonyl (C=O) groups is 1. The molecule has 1 aromatic heterocycles. The first-order chi connectivity index (χ1) is 12.2. The summed E-state index contributed by atoms with van der Waals surface area (Å²) in [6, 6.07) is 6.53. The van der Waals surface area contributed by atoms with Gasteiger partial charge in [0.25, 0.3) is 0 Å². The van der Waals surface area contributed by atoms with Crippen LogP contribution < -0.4 is 10.6 Å². The molecule has 5 nitrogen and oxygen atoms in total. The van der Waals surface area contributed by atoms with E-state index in [1.165, 1.54) is 6.07 Å². The van der Waals surface area contributed by atoms with Crippen LogP contribution in [0.15, 0.2) is 41.6 Å². The molecule has 1 atom stereocenters. The van der Waals surface area contributed by atoms with E-state index < -0.39 is 5.54 Å². The number of rotatable bonds is 3. The van der Waals surface area contributed by atoms with Crippen LogP contribution in [0.5, 0.6) is 0 Å². The van der Waals surface area contributed by atoms with Crippen LogP contribution in [0.2, 0.25) is 0 Å². The van der Waals surface area contributed by atoms with Gasteiger partial charge in [-0.3, -0.25) is 9.48 Å². The van der Waals surface area contributed by atoms with Crippen LogP contribution in [0, 0.1) is 5.82 Å². The number of nitrogens with one attached hydrogen (secondary N) is 2. The number of benzene rings is 1. The van der Waals surface area contributed by atoms with Gasteiger partial charge in [-0.2, -0.15) is 5.10 Å². The van der Waals surface area contributed by atoms with Crippen molar-refractivity contribution in [2.24, 2.45) is 0 Å². The summed E-state index contributed by atoms with van der Waals surface area (Å²) >= 11 is 1.72. The van der Waals surface area contributed by atoms with Gasteiger partial charge in [0.1, 0.15) is 11.4 Å². The molecule has 3 heterocycles. The fourth-order valence-corrected chi connectivity index (χ4v) is 4.84. The number of amides is 1. The van der Waals surface area contributed by atoms with Crippen molar-refractivity contribution < 1.29 is 9.18 Å². The molecular weight excluding hydrogens is 375 g/mol. The summed E-state index contributed by atoms with van der Waals surface area (Å²) in [7, 11) is 0. The molecule has 0 saturated carbocycles. The molecule has 1 aromatic carbocycles. The molecule has 0 radical (unpaired) electrons. The molecule has 140 valence electrons. The first-order valence-corrected chi connectivity index (χ1v) is 9.62. The summed E-state index contributed by atoms with van der Waals surface area (Å²) in [5, 5.41) is 10.9. The predicted molar refractivity (Wildman–Crippen MR) is 102 cm³/mol. The van der Waals surface area contributed by atoms with Gasteiger partial charge in [0.15, 0.2) is 0 Å². The largest absolute Gasteiger partial charge is 0.347 e. The van der Waals surface area contributed by atoms with E-state index in [-0.39, 0.29) is 30.2 Å². The molecule has 0 bridgehead atoms. The lowest BCUT2D eigenvalue weighted by atomic mass is 9.86. The van der Waals surface area contributed by atoms with Crippen LogP contribution in [0.1, 0.15) is 30.9 Å². The number of carbonyl (C=O) groups excluding carboxylic acids is 1. The number of hydrogen-bond acceptors (Lipinski definition) is 4. The molecule has 26 heavy (non-hydrogen) atoms. The smallest absolute Gasteiger partial charge is 0.248 e. The van der Waals surface area contributed by atoms with Crippen LogP contribution in [-0.2, 0) is 10.3 Å². The van der Waals surface area contributed by atoms with Gasteiger partial charge >= 0.3 is 0 Å². The molecule has 0 spiro atoms. The highest BCUT2D eigenvalue weighted by Gasteiger charge is 2.43. The molecule has 1 saturated heterocycles. The molecule has 2 aliphatic heterocycles. The number of halogens is 2. The van der Waals surface area contributed by atoms with Gasteiger partial charge in [0.05, 0.1) is 6.04 Å². The summed E-state index contributed by atoms with van der Waals surface area (Å²) in [6.45, 7) is 1.55. The predicted octanol–water partition coefficient (Wildman–Crippen LogP) is 2.88. The van der Waals surface area contributed by atoms with Crippen molar-refractivity contribution in [1.82, 2.24) is 20.4 Å². The average molecular weight is 397 g/mol. The van der Waals surface area contributed by atoms with E-state index in [0.717, 1.165) is 35.7 Å². The van der Waals surface area contributed by atoms with E-state index in [0.29, 0.717) is 12.8 Å². The van der Waals surface area contributed by atoms with Gasteiger partial charge in [-0.05, 0) is 62.2 Å². The highest BCUT2D eigenvalue weighted by Crippen LogP contribution is 2.37. The maximum Gasteiger partial charge on any atom is 0.248 e. The van der Waals surface area contributed by atoms with E-state index in [9.17, 15) is 9.18 Å². The third kappa shape index (κ3) is 3.48. The third-order valence-corrected chi connectivity index (χ3v) is 6.24. The fourth-order valence-electron chi connectivity index (χ4n) is 3.73. The van der Waals surface area contributed by atoms with Crippen molar-refractivity contribution in [3.8, 4) is 0 Å². The minimum Gasteiger partial charge on any atom is -0.347 e. The second-order valence-electron chi connectivity index (χ2n) is 6.58. The Bertz CT molecular complexity index is 765. The number of aromatic nitrogens is 2. The monoisotopic (exact) mass is 396 g/mol. The Morgan fingerprint density at radius 3 is 2.92 bits per heavy atom. The second kappa shape index (κ2) is 7.98. The molecule has 8 heteroatoms. The summed E-state index contributed by atoms with van der Waals surface area (Å²) in [4.78, 5) is 14.3. The van der Waals surface area contributed by atoms with Crippen molar-refractivity contribution in [2.75, 3.05) is 18.8 Å². The lowest BCUT2D eigenvalue weighted by molar-refractivity contribution is -0.132. The molecule has 1 fully saturated rings. The Labute approximate surface area is 162 Å². The number of thioether (sulfide) groups is 1. The normalized spacial score (nSPS) is 21.3. The molecule has 1 amide bonds. The number of nitrogens with zero attached hydrogens (tertiary/aromatic N) is 2. The Balaban J connectivity index is 0.00000196. The number of fused-ring (bicyclic) bond motifs is 1. The SMILES string of the molecule is Cl.O=C(NC1CCSc2ccc(F)cc21)C1(n2cccn2)CCNCC1. The molecule has 2 aromatic rings. The minimum absolute atomic E-state index is 0. The molecular formula is C18H22ClFN4OS. The Kier molecular flexibility index (Phi) is 5.89. The van der Waals surface area contributed by atoms with Gasteiger partial charge in [-0.1, -0.05) is 0 Å². The van der Waals surface area contributed by atoms with Crippen molar-refractivity contribution >= 4 is 30.1 Å². The zero-order valence-corrected chi connectivity index (χ0v) is 15.9. The van der Waals surface area contributed by atoms with E-state index in [4.69, 9.17) is 0 Å². The van der Waals surface area contributed by atoms with Crippen LogP contribution in [0.25, 0.3) is 0 Å². The van der Waals surface area contributed by atoms with Gasteiger partial charge in [-0.15, -0.1) is 24.2 Å². The third-order valence-electron chi connectivity index (χ3n) is 5.11. The maximum atomic E-state index is 13.7. The van der Waals surface area contributed by atoms with E-state index >= 15 is 0 Å². The average Bonchev–Trinajstić information content (AvgIpc) is 3.18. The molecule has 1 unspecified atom stereocenters. The number of piperidine rings is 1. The minimum atomic E-state index is -0.674. The van der Waals surface area contributed by atoms with Gasteiger partial charge in [0.2, 0.25) is 5.91 Å². The zero-order chi connectivity index (χ0) is 17.3. The molecule has 4 rings (SSSR count). The highest BCUT2D eigenvalue weighted by atomic mass is 35.5. The molecule has 0 aliphatic carbocycles. The Hall–Kier alpha value is -1.57.